The standard InChI is InChI=1S/C14H14ClN5S/c1-2-14-19-11(7-21-14)6-17-10-3-4-13(12(15)5-10)20-9-16-8-18-20/h3-5,7-9,17H,2,6H2,1H3. The van der Waals surface area contributed by atoms with Crippen LogP contribution in [0.2, 0.25) is 5.02 Å². The lowest BCUT2D eigenvalue weighted by Crippen LogP contribution is -2.01. The van der Waals surface area contributed by atoms with Crippen LogP contribution in [-0.4, -0.2) is 19.7 Å². The fourth-order valence-corrected chi connectivity index (χ4v) is 2.93. The molecule has 0 aliphatic rings. The number of rotatable bonds is 5. The molecule has 0 saturated carbocycles. The molecule has 0 aliphatic heterocycles. The molecule has 0 amide bonds. The van der Waals surface area contributed by atoms with Gasteiger partial charge >= 0.3 is 0 Å². The van der Waals surface area contributed by atoms with Crippen LogP contribution in [0.1, 0.15) is 17.6 Å². The highest BCUT2D eigenvalue weighted by Crippen LogP contribution is 2.24. The van der Waals surface area contributed by atoms with Crippen LogP contribution >= 0.6 is 22.9 Å². The zero-order valence-electron chi connectivity index (χ0n) is 11.5. The number of aryl methyl sites for hydroxylation is 1. The van der Waals surface area contributed by atoms with Crippen molar-refractivity contribution in [3.63, 3.8) is 0 Å². The van der Waals surface area contributed by atoms with E-state index in [1.165, 1.54) is 6.33 Å². The van der Waals surface area contributed by atoms with E-state index in [4.69, 9.17) is 11.6 Å². The molecule has 5 nitrogen and oxygen atoms in total. The fraction of sp³-hybridized carbons (Fsp3) is 0.214. The molecule has 3 rings (SSSR count). The molecule has 2 aromatic heterocycles. The van der Waals surface area contributed by atoms with Crippen molar-refractivity contribution in [3.8, 4) is 5.69 Å². The first-order valence-electron chi connectivity index (χ1n) is 6.58. The van der Waals surface area contributed by atoms with E-state index in [-0.39, 0.29) is 0 Å². The zero-order valence-corrected chi connectivity index (χ0v) is 13.0. The van der Waals surface area contributed by atoms with Gasteiger partial charge in [-0.05, 0) is 24.6 Å². The van der Waals surface area contributed by atoms with Crippen molar-refractivity contribution in [2.24, 2.45) is 0 Å². The Bertz CT molecular complexity index is 723. The first kappa shape index (κ1) is 14.0. The highest BCUT2D eigenvalue weighted by atomic mass is 35.5. The first-order valence-corrected chi connectivity index (χ1v) is 7.83. The zero-order chi connectivity index (χ0) is 14.7. The number of hydrogen-bond donors (Lipinski definition) is 1. The number of aromatic nitrogens is 4. The summed E-state index contributed by atoms with van der Waals surface area (Å²) in [5, 5.41) is 11.3. The first-order chi connectivity index (χ1) is 10.3. The smallest absolute Gasteiger partial charge is 0.138 e. The van der Waals surface area contributed by atoms with Gasteiger partial charge in [0.1, 0.15) is 12.7 Å². The van der Waals surface area contributed by atoms with Gasteiger partial charge in [0, 0.05) is 11.1 Å². The molecule has 21 heavy (non-hydrogen) atoms. The summed E-state index contributed by atoms with van der Waals surface area (Å²) in [4.78, 5) is 8.44. The third-order valence-corrected chi connectivity index (χ3v) is 4.33. The Labute approximate surface area is 131 Å². The molecule has 0 unspecified atom stereocenters. The number of hydrogen-bond acceptors (Lipinski definition) is 5. The monoisotopic (exact) mass is 319 g/mol. The van der Waals surface area contributed by atoms with Gasteiger partial charge in [-0.3, -0.25) is 0 Å². The molecule has 0 aliphatic carbocycles. The largest absolute Gasteiger partial charge is 0.379 e. The summed E-state index contributed by atoms with van der Waals surface area (Å²) in [5.41, 5.74) is 2.81. The van der Waals surface area contributed by atoms with E-state index in [0.29, 0.717) is 11.6 Å². The molecule has 0 saturated heterocycles. The van der Waals surface area contributed by atoms with Crippen LogP contribution < -0.4 is 5.32 Å². The number of anilines is 1. The van der Waals surface area contributed by atoms with Crippen molar-refractivity contribution in [3.05, 3.63) is 52.0 Å². The van der Waals surface area contributed by atoms with Crippen LogP contribution in [0.5, 0.6) is 0 Å². The highest BCUT2D eigenvalue weighted by Gasteiger charge is 2.05. The predicted molar refractivity (Wildman–Crippen MR) is 85.2 cm³/mol. The van der Waals surface area contributed by atoms with Gasteiger partial charge in [0.2, 0.25) is 0 Å². The number of thiazole rings is 1. The molecule has 0 atom stereocenters. The van der Waals surface area contributed by atoms with Gasteiger partial charge in [0.15, 0.2) is 0 Å². The van der Waals surface area contributed by atoms with Gasteiger partial charge < -0.3 is 5.32 Å². The molecular formula is C14H14ClN5S. The third-order valence-electron chi connectivity index (χ3n) is 2.99. The van der Waals surface area contributed by atoms with Gasteiger partial charge in [-0.25, -0.2) is 14.6 Å². The second kappa shape index (κ2) is 6.24. The van der Waals surface area contributed by atoms with E-state index in [9.17, 15) is 0 Å². The Hall–Kier alpha value is -1.92. The van der Waals surface area contributed by atoms with Crippen LogP contribution in [0.15, 0.2) is 36.2 Å². The average molecular weight is 320 g/mol. The molecular weight excluding hydrogens is 306 g/mol. The molecule has 0 fully saturated rings. The number of benzene rings is 1. The summed E-state index contributed by atoms with van der Waals surface area (Å²) in [5.74, 6) is 0. The minimum atomic E-state index is 0.623. The Balaban J connectivity index is 1.70. The van der Waals surface area contributed by atoms with Crippen LogP contribution in [0.4, 0.5) is 5.69 Å². The molecule has 3 aromatic rings. The Morgan fingerprint density at radius 2 is 2.29 bits per heavy atom. The molecule has 108 valence electrons. The van der Waals surface area contributed by atoms with E-state index in [2.05, 4.69) is 32.7 Å². The molecule has 0 spiro atoms. The van der Waals surface area contributed by atoms with Crippen molar-refractivity contribution >= 4 is 28.6 Å². The summed E-state index contributed by atoms with van der Waals surface area (Å²) in [7, 11) is 0. The normalized spacial score (nSPS) is 10.8. The Kier molecular flexibility index (Phi) is 4.17. The number of nitrogens with zero attached hydrogens (tertiary/aromatic N) is 4. The van der Waals surface area contributed by atoms with Gasteiger partial charge in [-0.1, -0.05) is 18.5 Å². The summed E-state index contributed by atoms with van der Waals surface area (Å²) < 4.78 is 1.64. The van der Waals surface area contributed by atoms with Gasteiger partial charge in [-0.15, -0.1) is 11.3 Å². The van der Waals surface area contributed by atoms with E-state index in [1.54, 1.807) is 22.3 Å². The molecule has 1 N–H and O–H groups in total. The second-order valence-electron chi connectivity index (χ2n) is 4.45. The topological polar surface area (TPSA) is 55.6 Å². The number of halogens is 1. The minimum absolute atomic E-state index is 0.623. The lowest BCUT2D eigenvalue weighted by Gasteiger charge is -2.08. The van der Waals surface area contributed by atoms with Gasteiger partial charge in [0.05, 0.1) is 28.0 Å². The minimum Gasteiger partial charge on any atom is -0.379 e. The lowest BCUT2D eigenvalue weighted by molar-refractivity contribution is 0.879. The summed E-state index contributed by atoms with van der Waals surface area (Å²) in [6, 6.07) is 5.76. The number of nitrogens with one attached hydrogen (secondary N) is 1. The van der Waals surface area contributed by atoms with E-state index >= 15 is 0 Å². The van der Waals surface area contributed by atoms with Crippen molar-refractivity contribution in [1.29, 1.82) is 0 Å². The highest BCUT2D eigenvalue weighted by molar-refractivity contribution is 7.09. The molecule has 2 heterocycles. The Morgan fingerprint density at radius 3 is 2.95 bits per heavy atom. The third kappa shape index (κ3) is 3.22. The maximum Gasteiger partial charge on any atom is 0.138 e. The van der Waals surface area contributed by atoms with E-state index in [0.717, 1.165) is 28.5 Å². The summed E-state index contributed by atoms with van der Waals surface area (Å²) in [6.07, 6.45) is 4.08. The van der Waals surface area contributed by atoms with Crippen LogP contribution in [-0.2, 0) is 13.0 Å². The quantitative estimate of drug-likeness (QED) is 0.781. The van der Waals surface area contributed by atoms with Crippen LogP contribution in [0.25, 0.3) is 5.69 Å². The predicted octanol–water partition coefficient (Wildman–Crippen LogP) is 3.55. The van der Waals surface area contributed by atoms with Crippen molar-refractivity contribution in [2.75, 3.05) is 5.32 Å². The summed E-state index contributed by atoms with van der Waals surface area (Å²) in [6.45, 7) is 2.80. The van der Waals surface area contributed by atoms with Crippen molar-refractivity contribution < 1.29 is 0 Å². The van der Waals surface area contributed by atoms with Crippen LogP contribution in [0, 0.1) is 0 Å². The lowest BCUT2D eigenvalue weighted by atomic mass is 10.2. The maximum atomic E-state index is 6.29. The molecule has 0 radical (unpaired) electrons. The molecule has 7 heteroatoms. The second-order valence-corrected chi connectivity index (χ2v) is 5.80. The fourth-order valence-electron chi connectivity index (χ4n) is 1.92. The van der Waals surface area contributed by atoms with Crippen molar-refractivity contribution in [2.45, 2.75) is 19.9 Å². The molecule has 0 bridgehead atoms. The SMILES string of the molecule is CCc1nc(CNc2ccc(-n3cncn3)c(Cl)c2)cs1. The van der Waals surface area contributed by atoms with Crippen molar-refractivity contribution in [1.82, 2.24) is 19.7 Å². The average Bonchev–Trinajstić information content (AvgIpc) is 3.16. The van der Waals surface area contributed by atoms with E-state index < -0.39 is 0 Å². The van der Waals surface area contributed by atoms with E-state index in [1.807, 2.05) is 18.2 Å². The van der Waals surface area contributed by atoms with Crippen LogP contribution in [0.3, 0.4) is 0 Å². The maximum absolute atomic E-state index is 6.29. The van der Waals surface area contributed by atoms with Gasteiger partial charge in [0.25, 0.3) is 0 Å². The summed E-state index contributed by atoms with van der Waals surface area (Å²) >= 11 is 7.98. The molecule has 1 aromatic carbocycles. The van der Waals surface area contributed by atoms with Gasteiger partial charge in [-0.2, -0.15) is 5.10 Å². The Morgan fingerprint density at radius 1 is 1.38 bits per heavy atom.